The van der Waals surface area contributed by atoms with Gasteiger partial charge in [0.1, 0.15) is 0 Å². The lowest BCUT2D eigenvalue weighted by molar-refractivity contribution is 0.749. The summed E-state index contributed by atoms with van der Waals surface area (Å²) in [5.74, 6) is 1.67. The van der Waals surface area contributed by atoms with E-state index in [1.165, 1.54) is 0 Å². The average molecular weight is 265 g/mol. The van der Waals surface area contributed by atoms with Gasteiger partial charge >= 0.3 is 0 Å². The summed E-state index contributed by atoms with van der Waals surface area (Å²) in [6, 6.07) is 3.95. The molecule has 0 saturated heterocycles. The fourth-order valence-corrected chi connectivity index (χ4v) is 1.92. The minimum atomic E-state index is -0.0496. The molecule has 0 bridgehead atoms. The van der Waals surface area contributed by atoms with Crippen LogP contribution in [-0.2, 0) is 0 Å². The lowest BCUT2D eigenvalue weighted by Gasteiger charge is -2.04. The monoisotopic (exact) mass is 265 g/mol. The van der Waals surface area contributed by atoms with Crippen molar-refractivity contribution in [2.45, 2.75) is 25.8 Å². The zero-order valence-electron chi connectivity index (χ0n) is 10.9. The molecule has 0 aliphatic heterocycles. The van der Waals surface area contributed by atoms with Crippen molar-refractivity contribution in [3.63, 3.8) is 0 Å². The fraction of sp³-hybridized carbons (Fsp3) is 0.417. The van der Waals surface area contributed by atoms with Crippen molar-refractivity contribution in [1.29, 1.82) is 0 Å². The number of hydrogen-bond acceptors (Lipinski definition) is 4. The number of guanidine groups is 1. The Balaban J connectivity index is 2.70. The summed E-state index contributed by atoms with van der Waals surface area (Å²) >= 11 is 1.75. The van der Waals surface area contributed by atoms with Crippen LogP contribution in [0.5, 0.6) is 0 Å². The molecule has 1 heterocycles. The highest BCUT2D eigenvalue weighted by atomic mass is 32.2. The quantitative estimate of drug-likeness (QED) is 0.368. The van der Waals surface area contributed by atoms with Gasteiger partial charge in [-0.25, -0.2) is 4.98 Å². The number of aromatic nitrogens is 1. The lowest BCUT2D eigenvalue weighted by atomic mass is 10.2. The van der Waals surface area contributed by atoms with E-state index in [2.05, 4.69) is 29.0 Å². The van der Waals surface area contributed by atoms with Crippen LogP contribution in [0, 0.1) is 5.92 Å². The van der Waals surface area contributed by atoms with Gasteiger partial charge in [-0.3, -0.25) is 0 Å². The van der Waals surface area contributed by atoms with Gasteiger partial charge in [0.2, 0.25) is 5.96 Å². The molecule has 1 aromatic rings. The van der Waals surface area contributed by atoms with Gasteiger partial charge < -0.3 is 11.5 Å². The molecule has 6 heteroatoms. The number of pyridine rings is 1. The van der Waals surface area contributed by atoms with Crippen LogP contribution in [0.1, 0.15) is 26.3 Å². The Morgan fingerprint density at radius 1 is 1.33 bits per heavy atom. The summed E-state index contributed by atoms with van der Waals surface area (Å²) < 4.78 is 0. The Kier molecular flexibility index (Phi) is 5.64. The molecule has 98 valence electrons. The van der Waals surface area contributed by atoms with Crippen LogP contribution in [-0.4, -0.2) is 22.4 Å². The van der Waals surface area contributed by atoms with Gasteiger partial charge in [0.15, 0.2) is 0 Å². The van der Waals surface area contributed by atoms with Crippen molar-refractivity contribution in [3.05, 3.63) is 23.9 Å². The maximum absolute atomic E-state index is 5.21. The van der Waals surface area contributed by atoms with Crippen molar-refractivity contribution < 1.29 is 0 Å². The maximum Gasteiger partial charge on any atom is 0.211 e. The minimum absolute atomic E-state index is 0.0496. The Morgan fingerprint density at radius 3 is 2.56 bits per heavy atom. The van der Waals surface area contributed by atoms with E-state index < -0.39 is 0 Å². The molecule has 18 heavy (non-hydrogen) atoms. The van der Waals surface area contributed by atoms with Crippen molar-refractivity contribution in [3.8, 4) is 0 Å². The highest BCUT2D eigenvalue weighted by Crippen LogP contribution is 2.18. The van der Waals surface area contributed by atoms with Crippen molar-refractivity contribution in [2.24, 2.45) is 27.6 Å². The summed E-state index contributed by atoms with van der Waals surface area (Å²) in [5.41, 5.74) is 12.1. The standard InChI is InChI=1S/C12H19N5S/c1-8(2)7-18-11-5-4-10(6-15-11)9(3)16-17-12(13)14/h4-6,8H,7H2,1-3H3,(H4,13,14,17)/b16-9+. The molecule has 0 aromatic carbocycles. The number of nitrogens with zero attached hydrogens (tertiary/aromatic N) is 3. The van der Waals surface area contributed by atoms with Crippen LogP contribution in [0.15, 0.2) is 33.6 Å². The third-order valence-corrected chi connectivity index (χ3v) is 3.40. The SMILES string of the molecule is C/C(=N\N=C(N)N)c1ccc(SCC(C)C)nc1. The second-order valence-corrected chi connectivity index (χ2v) is 5.34. The molecule has 0 aliphatic rings. The molecular formula is C12H19N5S. The van der Waals surface area contributed by atoms with E-state index in [1.807, 2.05) is 19.1 Å². The minimum Gasteiger partial charge on any atom is -0.369 e. The van der Waals surface area contributed by atoms with Crippen LogP contribution in [0.2, 0.25) is 0 Å². The first-order chi connectivity index (χ1) is 8.49. The summed E-state index contributed by atoms with van der Waals surface area (Å²) in [5, 5.41) is 8.53. The van der Waals surface area contributed by atoms with E-state index in [4.69, 9.17) is 11.5 Å². The highest BCUT2D eigenvalue weighted by Gasteiger charge is 2.01. The van der Waals surface area contributed by atoms with E-state index in [1.54, 1.807) is 18.0 Å². The molecule has 0 aliphatic carbocycles. The molecule has 0 radical (unpaired) electrons. The maximum atomic E-state index is 5.21. The molecule has 0 unspecified atom stereocenters. The largest absolute Gasteiger partial charge is 0.369 e. The molecule has 0 atom stereocenters. The normalized spacial score (nSPS) is 11.7. The summed E-state index contributed by atoms with van der Waals surface area (Å²) in [7, 11) is 0. The van der Waals surface area contributed by atoms with Crippen LogP contribution in [0.4, 0.5) is 0 Å². The molecular weight excluding hydrogens is 246 g/mol. The Labute approximate surface area is 112 Å². The fourth-order valence-electron chi connectivity index (χ4n) is 1.12. The van der Waals surface area contributed by atoms with Crippen molar-refractivity contribution >= 4 is 23.4 Å². The van der Waals surface area contributed by atoms with Gasteiger partial charge in [0.05, 0.1) is 10.7 Å². The number of thioether (sulfide) groups is 1. The summed E-state index contributed by atoms with van der Waals surface area (Å²) in [6.45, 7) is 6.21. The summed E-state index contributed by atoms with van der Waals surface area (Å²) in [4.78, 5) is 4.37. The second-order valence-electron chi connectivity index (χ2n) is 4.30. The van der Waals surface area contributed by atoms with Crippen LogP contribution in [0.25, 0.3) is 0 Å². The first-order valence-corrected chi connectivity index (χ1v) is 6.70. The Bertz CT molecular complexity index is 432. The van der Waals surface area contributed by atoms with E-state index in [9.17, 15) is 0 Å². The van der Waals surface area contributed by atoms with Crippen LogP contribution < -0.4 is 11.5 Å². The number of rotatable bonds is 5. The Hall–Kier alpha value is -1.56. The lowest BCUT2D eigenvalue weighted by Crippen LogP contribution is -2.22. The smallest absolute Gasteiger partial charge is 0.211 e. The first kappa shape index (κ1) is 14.5. The summed E-state index contributed by atoms with van der Waals surface area (Å²) in [6.07, 6.45) is 1.78. The highest BCUT2D eigenvalue weighted by molar-refractivity contribution is 7.99. The average Bonchev–Trinajstić information content (AvgIpc) is 2.34. The van der Waals surface area contributed by atoms with Gasteiger partial charge in [-0.1, -0.05) is 13.8 Å². The first-order valence-electron chi connectivity index (χ1n) is 5.71. The van der Waals surface area contributed by atoms with E-state index in [-0.39, 0.29) is 5.96 Å². The number of nitrogens with two attached hydrogens (primary N) is 2. The van der Waals surface area contributed by atoms with Crippen molar-refractivity contribution in [1.82, 2.24) is 4.98 Å². The van der Waals surface area contributed by atoms with Crippen LogP contribution in [0.3, 0.4) is 0 Å². The third-order valence-electron chi connectivity index (χ3n) is 2.03. The molecule has 1 aromatic heterocycles. The second kappa shape index (κ2) is 7.00. The van der Waals surface area contributed by atoms with Gasteiger partial charge in [0.25, 0.3) is 0 Å². The molecule has 1 rings (SSSR count). The molecule has 0 amide bonds. The zero-order chi connectivity index (χ0) is 13.5. The Morgan fingerprint density at radius 2 is 2.06 bits per heavy atom. The van der Waals surface area contributed by atoms with Gasteiger partial charge in [-0.05, 0) is 25.0 Å². The van der Waals surface area contributed by atoms with E-state index in [0.717, 1.165) is 22.1 Å². The molecule has 0 fully saturated rings. The van der Waals surface area contributed by atoms with Crippen LogP contribution >= 0.6 is 11.8 Å². The molecule has 5 nitrogen and oxygen atoms in total. The number of hydrogen-bond donors (Lipinski definition) is 2. The van der Waals surface area contributed by atoms with Gasteiger partial charge in [0, 0.05) is 17.5 Å². The van der Waals surface area contributed by atoms with E-state index >= 15 is 0 Å². The molecule has 0 spiro atoms. The predicted molar refractivity (Wildman–Crippen MR) is 77.8 cm³/mol. The van der Waals surface area contributed by atoms with Gasteiger partial charge in [-0.2, -0.15) is 5.10 Å². The predicted octanol–water partition coefficient (Wildman–Crippen LogP) is 1.83. The zero-order valence-corrected chi connectivity index (χ0v) is 11.7. The van der Waals surface area contributed by atoms with E-state index in [0.29, 0.717) is 5.92 Å². The molecule has 0 saturated carbocycles. The topological polar surface area (TPSA) is 89.6 Å². The van der Waals surface area contributed by atoms with Gasteiger partial charge in [-0.15, -0.1) is 16.9 Å². The third kappa shape index (κ3) is 5.18. The molecule has 4 N–H and O–H groups in total. The van der Waals surface area contributed by atoms with Crippen molar-refractivity contribution in [2.75, 3.05) is 5.75 Å².